The number of unbranched alkanes of at least 4 members (excludes halogenated alkanes) is 2. The second-order valence-electron chi connectivity index (χ2n) is 14.3. The molecule has 6 aromatic rings. The second kappa shape index (κ2) is 12.5. The Hall–Kier alpha value is -3.93. The van der Waals surface area contributed by atoms with Crippen molar-refractivity contribution >= 4 is 35.6 Å². The Morgan fingerprint density at radius 2 is 1.23 bits per heavy atom. The zero-order chi connectivity index (χ0) is 32.7. The van der Waals surface area contributed by atoms with Crippen molar-refractivity contribution in [3.63, 3.8) is 0 Å². The van der Waals surface area contributed by atoms with Crippen LogP contribution in [0.5, 0.6) is 0 Å². The molecule has 0 bridgehead atoms. The zero-order valence-electron chi connectivity index (χ0n) is 28.6. The SMILES string of the molecule is [CH2]=[Zr]([C]1=CC=CC1)([c]1ccc(CCCC)cc1)([c]1ccc(CCCC)cc1)[c]1cccc2c1c1c(c3ccccc32)-c2ccccc2C1. The van der Waals surface area contributed by atoms with Gasteiger partial charge in [0.2, 0.25) is 0 Å². The number of rotatable bonds is 10. The predicted molar refractivity (Wildman–Crippen MR) is 208 cm³/mol. The van der Waals surface area contributed by atoms with Crippen LogP contribution in [0, 0.1) is 0 Å². The Morgan fingerprint density at radius 3 is 1.85 bits per heavy atom. The van der Waals surface area contributed by atoms with Gasteiger partial charge in [-0.05, 0) is 0 Å². The number of allylic oxidation sites excluding steroid dienone is 4. The quantitative estimate of drug-likeness (QED) is 0.125. The van der Waals surface area contributed by atoms with Gasteiger partial charge in [0.05, 0.1) is 0 Å². The van der Waals surface area contributed by atoms with Gasteiger partial charge in [-0.2, -0.15) is 0 Å². The van der Waals surface area contributed by atoms with Crippen LogP contribution in [-0.4, -0.2) is 4.21 Å². The van der Waals surface area contributed by atoms with E-state index in [0.717, 1.165) is 25.7 Å². The van der Waals surface area contributed by atoms with Crippen LogP contribution in [0.25, 0.3) is 32.7 Å². The van der Waals surface area contributed by atoms with E-state index in [4.69, 9.17) is 4.21 Å². The summed E-state index contributed by atoms with van der Waals surface area (Å²) in [5, 5.41) is 5.52. The number of hydrogen-bond acceptors (Lipinski definition) is 0. The summed E-state index contributed by atoms with van der Waals surface area (Å²) in [4.78, 5) is 0. The number of hydrogen-bond donors (Lipinski definition) is 0. The molecule has 0 amide bonds. The molecule has 1 heteroatoms. The second-order valence-corrected chi connectivity index (χ2v) is 27.2. The summed E-state index contributed by atoms with van der Waals surface area (Å²) < 4.78 is 11.7. The van der Waals surface area contributed by atoms with Crippen molar-refractivity contribution in [2.45, 2.75) is 65.2 Å². The molecule has 0 aromatic heterocycles. The van der Waals surface area contributed by atoms with E-state index in [1.807, 2.05) is 0 Å². The third-order valence-electron chi connectivity index (χ3n) is 11.7. The molecule has 0 saturated carbocycles. The van der Waals surface area contributed by atoms with Gasteiger partial charge >= 0.3 is 289 Å². The molecule has 0 saturated heterocycles. The van der Waals surface area contributed by atoms with Crippen molar-refractivity contribution in [2.75, 3.05) is 0 Å². The summed E-state index contributed by atoms with van der Waals surface area (Å²) in [6.45, 7) is 4.57. The van der Waals surface area contributed by atoms with E-state index in [1.165, 1.54) is 93.7 Å². The average Bonchev–Trinajstić information content (AvgIpc) is 3.83. The third-order valence-corrected chi connectivity index (χ3v) is 27.9. The van der Waals surface area contributed by atoms with E-state index in [9.17, 15) is 0 Å². The molecule has 6 aromatic carbocycles. The first-order valence-corrected chi connectivity index (χ1v) is 24.8. The van der Waals surface area contributed by atoms with Gasteiger partial charge < -0.3 is 0 Å². The molecule has 0 spiro atoms. The monoisotopic (exact) mass is 700 g/mol. The molecule has 0 atom stereocenters. The van der Waals surface area contributed by atoms with Crippen molar-refractivity contribution < 1.29 is 18.3 Å². The van der Waals surface area contributed by atoms with Crippen molar-refractivity contribution in [1.82, 2.24) is 0 Å². The van der Waals surface area contributed by atoms with Crippen LogP contribution >= 0.6 is 0 Å². The Kier molecular flexibility index (Phi) is 8.17. The van der Waals surface area contributed by atoms with Gasteiger partial charge in [0, 0.05) is 0 Å². The number of benzene rings is 6. The van der Waals surface area contributed by atoms with E-state index in [2.05, 4.69) is 147 Å². The minimum absolute atomic E-state index is 0.955. The molecule has 8 rings (SSSR count). The van der Waals surface area contributed by atoms with Gasteiger partial charge in [-0.15, -0.1) is 0 Å². The van der Waals surface area contributed by atoms with Crippen LogP contribution in [0.4, 0.5) is 0 Å². The van der Waals surface area contributed by atoms with Crippen LogP contribution in [0.3, 0.4) is 0 Å². The summed E-state index contributed by atoms with van der Waals surface area (Å²) in [6, 6.07) is 45.0. The normalized spacial score (nSPS) is 14.0. The van der Waals surface area contributed by atoms with E-state index >= 15 is 0 Å². The topological polar surface area (TPSA) is 0 Å². The summed E-state index contributed by atoms with van der Waals surface area (Å²) >= 11 is -4.86. The first kappa shape index (κ1) is 31.3. The molecule has 0 N–H and O–H groups in total. The van der Waals surface area contributed by atoms with Gasteiger partial charge in [0.1, 0.15) is 0 Å². The average molecular weight is 702 g/mol. The molecular weight excluding hydrogens is 656 g/mol. The predicted octanol–water partition coefficient (Wildman–Crippen LogP) is 10.5. The van der Waals surface area contributed by atoms with E-state index in [1.54, 1.807) is 0 Å². The first-order chi connectivity index (χ1) is 23.6. The van der Waals surface area contributed by atoms with Gasteiger partial charge in [0.15, 0.2) is 0 Å². The molecule has 2 aliphatic rings. The Labute approximate surface area is 287 Å². The molecular formula is C47H46Zr. The van der Waals surface area contributed by atoms with Crippen LogP contribution in [0.15, 0.2) is 137 Å². The van der Waals surface area contributed by atoms with Crippen molar-refractivity contribution in [3.05, 3.63) is 159 Å². The molecule has 0 radical (unpaired) electrons. The molecule has 0 unspecified atom stereocenters. The van der Waals surface area contributed by atoms with Gasteiger partial charge in [0.25, 0.3) is 0 Å². The third kappa shape index (κ3) is 4.69. The summed E-state index contributed by atoms with van der Waals surface area (Å²) in [6.07, 6.45) is 16.1. The van der Waals surface area contributed by atoms with Gasteiger partial charge in [-0.1, -0.05) is 0 Å². The Balaban J connectivity index is 1.52. The van der Waals surface area contributed by atoms with Gasteiger partial charge in [-0.25, -0.2) is 0 Å². The fourth-order valence-corrected chi connectivity index (χ4v) is 24.3. The molecule has 2 aliphatic carbocycles. The van der Waals surface area contributed by atoms with Crippen LogP contribution in [0.1, 0.15) is 68.2 Å². The van der Waals surface area contributed by atoms with E-state index < -0.39 is 18.3 Å². The molecule has 48 heavy (non-hydrogen) atoms. The standard InChI is InChI=1S/C21H13.2C10H13.C5H5.CH2.Zr/c1-2-8-15-14(7-1)13-20-18-11-4-3-9-16(18)17-10-5-6-12-19(17)21(15)20;2*1-2-3-7-10-8-5-4-6-9-10;1-2-4-5-3-1;;/h1-10,12H,13H2;2*5-6,8-9H,2-3,7H2,1H3;1-3H,4H2;1H2;. The fourth-order valence-electron chi connectivity index (χ4n) is 9.10. The maximum atomic E-state index is 5.78. The first-order valence-electron chi connectivity index (χ1n) is 18.2. The zero-order valence-corrected chi connectivity index (χ0v) is 31.0. The molecule has 238 valence electrons. The van der Waals surface area contributed by atoms with Crippen LogP contribution in [0.2, 0.25) is 0 Å². The molecule has 0 aliphatic heterocycles. The minimum atomic E-state index is -4.86. The molecule has 0 fully saturated rings. The number of aryl methyl sites for hydroxylation is 2. The summed E-state index contributed by atoms with van der Waals surface area (Å²) in [5.41, 5.74) is 8.59. The van der Waals surface area contributed by atoms with Gasteiger partial charge in [-0.3, -0.25) is 0 Å². The van der Waals surface area contributed by atoms with Crippen LogP contribution in [-0.2, 0) is 37.6 Å². The Bertz CT molecular complexity index is 2240. The van der Waals surface area contributed by atoms with E-state index in [-0.39, 0.29) is 0 Å². The van der Waals surface area contributed by atoms with Crippen molar-refractivity contribution in [3.8, 4) is 11.1 Å². The number of fused-ring (bicyclic) bond motifs is 8. The van der Waals surface area contributed by atoms with Crippen molar-refractivity contribution in [1.29, 1.82) is 0 Å². The maximum absolute atomic E-state index is 5.78. The van der Waals surface area contributed by atoms with E-state index in [0.29, 0.717) is 0 Å². The Morgan fingerprint density at radius 1 is 0.625 bits per heavy atom. The van der Waals surface area contributed by atoms with Crippen molar-refractivity contribution in [2.24, 2.45) is 0 Å². The van der Waals surface area contributed by atoms with Crippen LogP contribution < -0.4 is 9.81 Å². The molecule has 0 nitrogen and oxygen atoms in total. The summed E-state index contributed by atoms with van der Waals surface area (Å²) in [5.74, 6) is 0. The molecule has 0 heterocycles. The fraction of sp³-hybridized carbons (Fsp3) is 0.213. The summed E-state index contributed by atoms with van der Waals surface area (Å²) in [7, 11) is 0.